The van der Waals surface area contributed by atoms with Gasteiger partial charge >= 0.3 is 0 Å². The second-order valence-corrected chi connectivity index (χ2v) is 8.54. The number of nitrogens with zero attached hydrogens (tertiary/aromatic N) is 3. The van der Waals surface area contributed by atoms with Crippen LogP contribution in [0.5, 0.6) is 5.75 Å². The average molecular weight is 430 g/mol. The first-order chi connectivity index (χ1) is 15.5. The molecule has 5 heteroatoms. The molecule has 1 amide bonds. The van der Waals surface area contributed by atoms with Crippen LogP contribution < -0.4 is 14.5 Å². The Balaban J connectivity index is 1.42. The maximum absolute atomic E-state index is 13.0. The summed E-state index contributed by atoms with van der Waals surface area (Å²) in [6.45, 7) is 2.11. The predicted molar refractivity (Wildman–Crippen MR) is 132 cm³/mol. The van der Waals surface area contributed by atoms with Gasteiger partial charge in [0.1, 0.15) is 5.75 Å². The highest BCUT2D eigenvalue weighted by Gasteiger charge is 2.24. The van der Waals surface area contributed by atoms with E-state index in [1.54, 1.807) is 12.0 Å². The summed E-state index contributed by atoms with van der Waals surface area (Å²) in [4.78, 5) is 19.4. The lowest BCUT2D eigenvalue weighted by atomic mass is 10.0. The Bertz CT molecular complexity index is 1040. The molecule has 32 heavy (non-hydrogen) atoms. The summed E-state index contributed by atoms with van der Waals surface area (Å²) < 4.78 is 5.22. The van der Waals surface area contributed by atoms with E-state index in [-0.39, 0.29) is 5.91 Å². The van der Waals surface area contributed by atoms with Crippen molar-refractivity contribution in [2.24, 2.45) is 0 Å². The van der Waals surface area contributed by atoms with E-state index in [0.717, 1.165) is 35.7 Å². The zero-order valence-electron chi connectivity index (χ0n) is 19.3. The first-order valence-corrected chi connectivity index (χ1v) is 11.0. The number of hydrogen-bond acceptors (Lipinski definition) is 4. The van der Waals surface area contributed by atoms with Crippen LogP contribution in [-0.2, 0) is 0 Å². The normalized spacial score (nSPS) is 15.8. The topological polar surface area (TPSA) is 36.0 Å². The highest BCUT2D eigenvalue weighted by Crippen LogP contribution is 2.26. The van der Waals surface area contributed by atoms with Crippen molar-refractivity contribution in [3.8, 4) is 16.9 Å². The molecule has 1 aliphatic rings. The predicted octanol–water partition coefficient (Wildman–Crippen LogP) is 4.78. The smallest absolute Gasteiger partial charge is 0.258 e. The Morgan fingerprint density at radius 2 is 1.47 bits per heavy atom. The van der Waals surface area contributed by atoms with Gasteiger partial charge in [-0.1, -0.05) is 24.3 Å². The Labute approximate surface area is 190 Å². The van der Waals surface area contributed by atoms with Crippen molar-refractivity contribution in [1.29, 1.82) is 0 Å². The van der Waals surface area contributed by atoms with Crippen molar-refractivity contribution >= 4 is 17.3 Å². The molecule has 0 radical (unpaired) electrons. The number of likely N-dealkylation sites (N-methyl/N-ethyl adjacent to an activating group) is 1. The van der Waals surface area contributed by atoms with Gasteiger partial charge in [0.15, 0.2) is 0 Å². The molecule has 5 nitrogen and oxygen atoms in total. The van der Waals surface area contributed by atoms with Gasteiger partial charge in [-0.15, -0.1) is 0 Å². The number of amides is 1. The van der Waals surface area contributed by atoms with Gasteiger partial charge in [0.25, 0.3) is 5.91 Å². The molecule has 1 atom stereocenters. The minimum Gasteiger partial charge on any atom is -0.497 e. The van der Waals surface area contributed by atoms with E-state index in [9.17, 15) is 4.79 Å². The third-order valence-electron chi connectivity index (χ3n) is 6.36. The van der Waals surface area contributed by atoms with Crippen molar-refractivity contribution in [3.05, 3.63) is 78.4 Å². The first-order valence-electron chi connectivity index (χ1n) is 11.0. The zero-order chi connectivity index (χ0) is 22.7. The molecular formula is C27H31N3O2. The molecule has 1 heterocycles. The van der Waals surface area contributed by atoms with Crippen molar-refractivity contribution in [2.45, 2.75) is 12.5 Å². The van der Waals surface area contributed by atoms with Crippen LogP contribution in [0, 0.1) is 0 Å². The fourth-order valence-corrected chi connectivity index (χ4v) is 4.18. The molecule has 0 aromatic heterocycles. The number of hydrogen-bond donors (Lipinski definition) is 0. The Kier molecular flexibility index (Phi) is 6.47. The monoisotopic (exact) mass is 429 g/mol. The second-order valence-electron chi connectivity index (χ2n) is 8.54. The van der Waals surface area contributed by atoms with Gasteiger partial charge in [-0.25, -0.2) is 0 Å². The van der Waals surface area contributed by atoms with E-state index >= 15 is 0 Å². The molecule has 0 saturated carbocycles. The SMILES string of the molecule is COc1ccc(-c2ccc(C(=O)N(C)c3ccc(N4CCC(N(C)C)C4)cc3)cc2)cc1. The summed E-state index contributed by atoms with van der Waals surface area (Å²) in [5.41, 5.74) is 4.93. The van der Waals surface area contributed by atoms with Crippen molar-refractivity contribution in [1.82, 2.24) is 4.90 Å². The largest absolute Gasteiger partial charge is 0.497 e. The van der Waals surface area contributed by atoms with E-state index in [0.29, 0.717) is 11.6 Å². The van der Waals surface area contributed by atoms with E-state index in [4.69, 9.17) is 4.74 Å². The van der Waals surface area contributed by atoms with Gasteiger partial charge in [-0.2, -0.15) is 0 Å². The van der Waals surface area contributed by atoms with Gasteiger partial charge in [-0.05, 0) is 80.2 Å². The number of rotatable bonds is 6. The second kappa shape index (κ2) is 9.45. The van der Waals surface area contributed by atoms with E-state index in [1.807, 2.05) is 67.7 Å². The summed E-state index contributed by atoms with van der Waals surface area (Å²) in [6, 6.07) is 24.5. The highest BCUT2D eigenvalue weighted by molar-refractivity contribution is 6.06. The summed E-state index contributed by atoms with van der Waals surface area (Å²) in [6.07, 6.45) is 1.18. The fraction of sp³-hybridized carbons (Fsp3) is 0.296. The highest BCUT2D eigenvalue weighted by atomic mass is 16.5. The van der Waals surface area contributed by atoms with Crippen LogP contribution >= 0.6 is 0 Å². The Morgan fingerprint density at radius 3 is 2.00 bits per heavy atom. The van der Waals surface area contributed by atoms with Crippen LogP contribution in [0.3, 0.4) is 0 Å². The molecule has 0 aliphatic carbocycles. The van der Waals surface area contributed by atoms with Gasteiger partial charge < -0.3 is 19.4 Å². The number of benzene rings is 3. The standard InChI is InChI=1S/C27H31N3O2/c1-28(2)25-17-18-30(19-25)24-13-11-23(12-14-24)29(3)27(31)22-7-5-20(6-8-22)21-9-15-26(32-4)16-10-21/h5-16,25H,17-19H2,1-4H3. The molecule has 1 fully saturated rings. The summed E-state index contributed by atoms with van der Waals surface area (Å²) in [5.74, 6) is 0.809. The molecular weight excluding hydrogens is 398 g/mol. The fourth-order valence-electron chi connectivity index (χ4n) is 4.18. The molecule has 3 aromatic rings. The summed E-state index contributed by atoms with van der Waals surface area (Å²) in [7, 11) is 7.77. The van der Waals surface area contributed by atoms with Crippen LogP contribution in [0.1, 0.15) is 16.8 Å². The molecule has 3 aromatic carbocycles. The van der Waals surface area contributed by atoms with Crippen LogP contribution in [0.4, 0.5) is 11.4 Å². The number of carbonyl (C=O) groups excluding carboxylic acids is 1. The molecule has 1 unspecified atom stereocenters. The van der Waals surface area contributed by atoms with E-state index in [1.165, 1.54) is 12.1 Å². The molecule has 1 saturated heterocycles. The Morgan fingerprint density at radius 1 is 0.875 bits per heavy atom. The maximum atomic E-state index is 13.0. The summed E-state index contributed by atoms with van der Waals surface area (Å²) >= 11 is 0. The van der Waals surface area contributed by atoms with Gasteiger partial charge in [0.05, 0.1) is 7.11 Å². The van der Waals surface area contributed by atoms with Crippen molar-refractivity contribution in [2.75, 3.05) is 51.1 Å². The quantitative estimate of drug-likeness (QED) is 0.565. The maximum Gasteiger partial charge on any atom is 0.258 e. The number of anilines is 2. The first kappa shape index (κ1) is 21.9. The van der Waals surface area contributed by atoms with Crippen LogP contribution in [0.25, 0.3) is 11.1 Å². The lowest BCUT2D eigenvalue weighted by Gasteiger charge is -2.23. The zero-order valence-corrected chi connectivity index (χ0v) is 19.3. The Hall–Kier alpha value is -3.31. The van der Waals surface area contributed by atoms with Gasteiger partial charge in [0.2, 0.25) is 0 Å². The number of methoxy groups -OCH3 is 1. The third-order valence-corrected chi connectivity index (χ3v) is 6.36. The lowest BCUT2D eigenvalue weighted by Crippen LogP contribution is -2.31. The van der Waals surface area contributed by atoms with Crippen molar-refractivity contribution in [3.63, 3.8) is 0 Å². The molecule has 0 spiro atoms. The molecule has 166 valence electrons. The van der Waals surface area contributed by atoms with Gasteiger partial charge in [0, 0.05) is 43.1 Å². The summed E-state index contributed by atoms with van der Waals surface area (Å²) in [5, 5.41) is 0. The van der Waals surface area contributed by atoms with Crippen LogP contribution in [0.15, 0.2) is 72.8 Å². The third kappa shape index (κ3) is 4.63. The number of carbonyl (C=O) groups is 1. The van der Waals surface area contributed by atoms with E-state index in [2.05, 4.69) is 36.0 Å². The van der Waals surface area contributed by atoms with Crippen molar-refractivity contribution < 1.29 is 9.53 Å². The molecule has 0 bridgehead atoms. The minimum absolute atomic E-state index is 0.0205. The van der Waals surface area contributed by atoms with E-state index < -0.39 is 0 Å². The minimum atomic E-state index is -0.0205. The molecule has 0 N–H and O–H groups in total. The number of ether oxygens (including phenoxy) is 1. The molecule has 4 rings (SSSR count). The molecule has 1 aliphatic heterocycles. The average Bonchev–Trinajstić information content (AvgIpc) is 3.34. The van der Waals surface area contributed by atoms with Crippen LogP contribution in [-0.4, -0.2) is 58.2 Å². The lowest BCUT2D eigenvalue weighted by molar-refractivity contribution is 0.0993. The van der Waals surface area contributed by atoms with Crippen LogP contribution in [0.2, 0.25) is 0 Å². The van der Waals surface area contributed by atoms with Gasteiger partial charge in [-0.3, -0.25) is 4.79 Å².